The number of ether oxygens (including phenoxy) is 8. The first-order chi connectivity index (χ1) is 26.6. The van der Waals surface area contributed by atoms with E-state index in [0.717, 1.165) is 51.1 Å². The number of piperidine rings is 1. The highest BCUT2D eigenvalue weighted by Crippen LogP contribution is 2.38. The van der Waals surface area contributed by atoms with Crippen molar-refractivity contribution < 1.29 is 47.8 Å². The molecule has 0 spiro atoms. The van der Waals surface area contributed by atoms with Gasteiger partial charge in [0.05, 0.1) is 73.1 Å². The molecular formula is C44H57NO10. The maximum absolute atomic E-state index is 13.5. The standard InChI is InChI=1S/C44H57NO10/c1-44(2,3)55-43(47)45-24-35(28-52-30-36(46)29-48-4)42(41(25-45)54-26-31-22-33-12-7-9-14-38(33)40(23-31)50-6)32-16-18-37(19-17-32)53-21-11-20-51-27-34-13-8-10-15-39(34)49-5/h7-10,12-19,22-23,35-36,41-42,46H,11,20-21,24-30H2,1-6H3/t35-,36+,41-,42-/m0/s1. The minimum atomic E-state index is -0.771. The number of benzene rings is 4. The maximum Gasteiger partial charge on any atom is 0.410 e. The van der Waals surface area contributed by atoms with Gasteiger partial charge in [0, 0.05) is 42.9 Å². The van der Waals surface area contributed by atoms with Gasteiger partial charge in [-0.3, -0.25) is 0 Å². The molecule has 4 atom stereocenters. The van der Waals surface area contributed by atoms with Crippen molar-refractivity contribution in [2.24, 2.45) is 5.92 Å². The predicted molar refractivity (Wildman–Crippen MR) is 211 cm³/mol. The van der Waals surface area contributed by atoms with Gasteiger partial charge in [0.25, 0.3) is 0 Å². The van der Waals surface area contributed by atoms with E-state index in [4.69, 9.17) is 37.9 Å². The number of fused-ring (bicyclic) bond motifs is 1. The predicted octanol–water partition coefficient (Wildman–Crippen LogP) is 7.40. The second-order valence-corrected chi connectivity index (χ2v) is 14.8. The van der Waals surface area contributed by atoms with Gasteiger partial charge in [0.15, 0.2) is 0 Å². The molecule has 0 unspecified atom stereocenters. The molecule has 1 aliphatic rings. The summed E-state index contributed by atoms with van der Waals surface area (Å²) in [6, 6.07) is 28.1. The van der Waals surface area contributed by atoms with Crippen LogP contribution in [-0.4, -0.2) is 101 Å². The van der Waals surface area contributed by atoms with Crippen LogP contribution >= 0.6 is 0 Å². The van der Waals surface area contributed by atoms with E-state index in [1.54, 1.807) is 19.1 Å². The Kier molecular flexibility index (Phi) is 15.6. The third kappa shape index (κ3) is 12.3. The molecule has 1 aliphatic heterocycles. The van der Waals surface area contributed by atoms with Gasteiger partial charge < -0.3 is 47.9 Å². The number of carbonyl (C=O) groups excluding carboxylic acids is 1. The van der Waals surface area contributed by atoms with Crippen LogP contribution in [0.15, 0.2) is 84.9 Å². The van der Waals surface area contributed by atoms with E-state index in [1.165, 1.54) is 7.11 Å². The summed E-state index contributed by atoms with van der Waals surface area (Å²) in [7, 11) is 4.86. The van der Waals surface area contributed by atoms with Crippen LogP contribution in [0.25, 0.3) is 10.8 Å². The summed E-state index contributed by atoms with van der Waals surface area (Å²) < 4.78 is 46.9. The molecule has 0 aliphatic carbocycles. The van der Waals surface area contributed by atoms with Crippen LogP contribution in [0.3, 0.4) is 0 Å². The highest BCUT2D eigenvalue weighted by Gasteiger charge is 2.41. The van der Waals surface area contributed by atoms with Gasteiger partial charge in [-0.1, -0.05) is 54.6 Å². The number of aliphatic hydroxyl groups excluding tert-OH is 1. The molecule has 55 heavy (non-hydrogen) atoms. The zero-order chi connectivity index (χ0) is 39.2. The van der Waals surface area contributed by atoms with Crippen molar-refractivity contribution in [1.29, 1.82) is 0 Å². The fourth-order valence-corrected chi connectivity index (χ4v) is 6.91. The number of amides is 1. The van der Waals surface area contributed by atoms with Crippen LogP contribution in [0.1, 0.15) is 49.8 Å². The lowest BCUT2D eigenvalue weighted by atomic mass is 9.78. The molecule has 4 aromatic carbocycles. The third-order valence-corrected chi connectivity index (χ3v) is 9.40. The molecule has 1 heterocycles. The smallest absolute Gasteiger partial charge is 0.410 e. The van der Waals surface area contributed by atoms with Gasteiger partial charge in [-0.05, 0) is 67.6 Å². The maximum atomic E-state index is 13.5. The molecule has 1 amide bonds. The van der Waals surface area contributed by atoms with Crippen molar-refractivity contribution in [1.82, 2.24) is 4.90 Å². The second-order valence-electron chi connectivity index (χ2n) is 14.8. The molecule has 298 valence electrons. The Labute approximate surface area is 325 Å². The lowest BCUT2D eigenvalue weighted by molar-refractivity contribution is -0.0746. The lowest BCUT2D eigenvalue weighted by Crippen LogP contribution is -2.53. The number of likely N-dealkylation sites (tertiary alicyclic amines) is 1. The monoisotopic (exact) mass is 759 g/mol. The Morgan fingerprint density at radius 2 is 1.58 bits per heavy atom. The molecule has 1 saturated heterocycles. The van der Waals surface area contributed by atoms with Crippen molar-refractivity contribution in [3.63, 3.8) is 0 Å². The normalized spacial score (nSPS) is 17.9. The first kappa shape index (κ1) is 41.8. The molecular weight excluding hydrogens is 702 g/mol. The van der Waals surface area contributed by atoms with Crippen molar-refractivity contribution in [3.8, 4) is 17.2 Å². The van der Waals surface area contributed by atoms with Gasteiger partial charge >= 0.3 is 6.09 Å². The Hall–Kier alpha value is -4.39. The summed E-state index contributed by atoms with van der Waals surface area (Å²) in [6.07, 6.45) is -0.869. The molecule has 0 bridgehead atoms. The Morgan fingerprint density at radius 1 is 0.836 bits per heavy atom. The number of para-hydroxylation sites is 1. The highest BCUT2D eigenvalue weighted by molar-refractivity contribution is 5.89. The van der Waals surface area contributed by atoms with Crippen LogP contribution in [0.2, 0.25) is 0 Å². The van der Waals surface area contributed by atoms with Gasteiger partial charge in [-0.15, -0.1) is 0 Å². The first-order valence-electron chi connectivity index (χ1n) is 18.9. The van der Waals surface area contributed by atoms with Crippen molar-refractivity contribution in [2.45, 2.75) is 64.1 Å². The molecule has 1 fully saturated rings. The second kappa shape index (κ2) is 20.5. The van der Waals surface area contributed by atoms with Gasteiger partial charge in [-0.25, -0.2) is 4.79 Å². The minimum absolute atomic E-state index is 0.0985. The van der Waals surface area contributed by atoms with Crippen molar-refractivity contribution in [3.05, 3.63) is 102 Å². The molecule has 1 N–H and O–H groups in total. The SMILES string of the molecule is COC[C@@H](O)COC[C@@H]1CN(C(=O)OC(C)(C)C)C[C@H](OCc2cc(OC)c3ccccc3c2)[C@H]1c1ccc(OCCCOCc2ccccc2OC)cc1. The number of nitrogens with zero attached hydrogens (tertiary/aromatic N) is 1. The number of carbonyl (C=O) groups is 1. The molecule has 0 saturated carbocycles. The van der Waals surface area contributed by atoms with Crippen LogP contribution in [0.5, 0.6) is 17.2 Å². The summed E-state index contributed by atoms with van der Waals surface area (Å²) in [5, 5.41) is 12.4. The number of hydrogen-bond acceptors (Lipinski definition) is 10. The summed E-state index contributed by atoms with van der Waals surface area (Å²) in [5.74, 6) is 1.99. The quantitative estimate of drug-likeness (QED) is 0.0971. The van der Waals surface area contributed by atoms with Crippen molar-refractivity contribution in [2.75, 3.05) is 67.5 Å². The molecule has 11 heteroatoms. The van der Waals surface area contributed by atoms with Crippen molar-refractivity contribution >= 4 is 16.9 Å². The van der Waals surface area contributed by atoms with E-state index in [0.29, 0.717) is 39.5 Å². The topological polar surface area (TPSA) is 114 Å². The largest absolute Gasteiger partial charge is 0.496 e. The zero-order valence-electron chi connectivity index (χ0n) is 33.0. The zero-order valence-corrected chi connectivity index (χ0v) is 33.0. The molecule has 5 rings (SSSR count). The van der Waals surface area contributed by atoms with E-state index < -0.39 is 23.9 Å². The number of aliphatic hydroxyl groups is 1. The molecule has 0 radical (unpaired) electrons. The van der Waals surface area contributed by atoms with E-state index in [2.05, 4.69) is 24.3 Å². The fraction of sp³-hybridized carbons (Fsp3) is 0.477. The first-order valence-corrected chi connectivity index (χ1v) is 18.9. The Balaban J connectivity index is 1.32. The van der Waals surface area contributed by atoms with Crippen LogP contribution in [0.4, 0.5) is 4.79 Å². The number of hydrogen-bond donors (Lipinski definition) is 1. The highest BCUT2D eigenvalue weighted by atomic mass is 16.6. The molecule has 0 aromatic heterocycles. The van der Waals surface area contributed by atoms with Gasteiger partial charge in [0.1, 0.15) is 29.0 Å². The van der Waals surface area contributed by atoms with E-state index in [1.807, 2.05) is 81.4 Å². The van der Waals surface area contributed by atoms with Crippen LogP contribution in [0, 0.1) is 5.92 Å². The Bertz CT molecular complexity index is 1770. The summed E-state index contributed by atoms with van der Waals surface area (Å²) in [6.45, 7) is 8.63. The average Bonchev–Trinajstić information content (AvgIpc) is 3.17. The van der Waals surface area contributed by atoms with Crippen LogP contribution < -0.4 is 14.2 Å². The van der Waals surface area contributed by atoms with Crippen LogP contribution in [-0.2, 0) is 36.9 Å². The average molecular weight is 760 g/mol. The van der Waals surface area contributed by atoms with E-state index >= 15 is 0 Å². The third-order valence-electron chi connectivity index (χ3n) is 9.40. The lowest BCUT2D eigenvalue weighted by Gasteiger charge is -2.44. The fourth-order valence-electron chi connectivity index (χ4n) is 6.91. The van der Waals surface area contributed by atoms with E-state index in [-0.39, 0.29) is 31.7 Å². The molecule has 11 nitrogen and oxygen atoms in total. The van der Waals surface area contributed by atoms with Gasteiger partial charge in [0.2, 0.25) is 0 Å². The van der Waals surface area contributed by atoms with Gasteiger partial charge in [-0.2, -0.15) is 0 Å². The summed E-state index contributed by atoms with van der Waals surface area (Å²) in [4.78, 5) is 15.2. The number of rotatable bonds is 19. The Morgan fingerprint density at radius 3 is 2.33 bits per heavy atom. The molecule has 4 aromatic rings. The number of methoxy groups -OCH3 is 3. The summed E-state index contributed by atoms with van der Waals surface area (Å²) in [5.41, 5.74) is 2.32. The minimum Gasteiger partial charge on any atom is -0.496 e. The summed E-state index contributed by atoms with van der Waals surface area (Å²) >= 11 is 0. The van der Waals surface area contributed by atoms with E-state index in [9.17, 15) is 9.90 Å².